The Bertz CT molecular complexity index is 581. The van der Waals surface area contributed by atoms with E-state index in [1.54, 1.807) is 29.0 Å². The molecule has 20 heavy (non-hydrogen) atoms. The van der Waals surface area contributed by atoms with Crippen LogP contribution in [0.2, 0.25) is 0 Å². The maximum atomic E-state index is 12.3. The standard InChI is InChI=1S/C12H20N4O3S/c1-15-8-10(7-13-15)14-12(17)16-6-4-3-5-11(16)9-20(2,18)19/h7-8,11H,3-6,9H2,1-2H3,(H,14,17). The molecule has 1 saturated heterocycles. The molecule has 2 amide bonds. The summed E-state index contributed by atoms with van der Waals surface area (Å²) in [6, 6.07) is -0.498. The quantitative estimate of drug-likeness (QED) is 0.897. The molecule has 0 saturated carbocycles. The normalized spacial score (nSPS) is 19.9. The van der Waals surface area contributed by atoms with Gasteiger partial charge in [-0.05, 0) is 19.3 Å². The van der Waals surface area contributed by atoms with Crippen molar-refractivity contribution in [3.8, 4) is 0 Å². The lowest BCUT2D eigenvalue weighted by Crippen LogP contribution is -2.48. The molecule has 1 aliphatic heterocycles. The molecule has 2 rings (SSSR count). The molecule has 1 fully saturated rings. The van der Waals surface area contributed by atoms with Gasteiger partial charge >= 0.3 is 6.03 Å². The highest BCUT2D eigenvalue weighted by Crippen LogP contribution is 2.19. The van der Waals surface area contributed by atoms with Crippen molar-refractivity contribution in [1.82, 2.24) is 14.7 Å². The molecule has 1 aromatic rings. The first-order valence-electron chi connectivity index (χ1n) is 6.59. The first-order valence-corrected chi connectivity index (χ1v) is 8.65. The summed E-state index contributed by atoms with van der Waals surface area (Å²) in [4.78, 5) is 13.9. The Balaban J connectivity index is 2.05. The third-order valence-electron chi connectivity index (χ3n) is 3.34. The number of rotatable bonds is 3. The first-order chi connectivity index (χ1) is 9.35. The lowest BCUT2D eigenvalue weighted by Gasteiger charge is -2.35. The summed E-state index contributed by atoms with van der Waals surface area (Å²) in [6.07, 6.45) is 7.06. The number of amides is 2. The smallest absolute Gasteiger partial charge is 0.321 e. The van der Waals surface area contributed by atoms with Gasteiger partial charge in [-0.15, -0.1) is 0 Å². The van der Waals surface area contributed by atoms with Crippen molar-refractivity contribution in [2.75, 3.05) is 23.9 Å². The highest BCUT2D eigenvalue weighted by molar-refractivity contribution is 7.90. The Kier molecular flexibility index (Phi) is 4.32. The predicted octanol–water partition coefficient (Wildman–Crippen LogP) is 0.851. The zero-order valence-corrected chi connectivity index (χ0v) is 12.6. The summed E-state index contributed by atoms with van der Waals surface area (Å²) < 4.78 is 24.5. The van der Waals surface area contributed by atoms with Crippen molar-refractivity contribution in [3.05, 3.63) is 12.4 Å². The van der Waals surface area contributed by atoms with Gasteiger partial charge in [0.2, 0.25) is 0 Å². The summed E-state index contributed by atoms with van der Waals surface area (Å²) >= 11 is 0. The second-order valence-corrected chi connectivity index (χ2v) is 7.45. The molecule has 0 spiro atoms. The summed E-state index contributed by atoms with van der Waals surface area (Å²) in [5.74, 6) is 0.0213. The molecule has 2 heterocycles. The highest BCUT2D eigenvalue weighted by atomic mass is 32.2. The fourth-order valence-corrected chi connectivity index (χ4v) is 3.52. The van der Waals surface area contributed by atoms with Crippen LogP contribution in [0.3, 0.4) is 0 Å². The third kappa shape index (κ3) is 3.96. The topological polar surface area (TPSA) is 84.3 Å². The molecule has 0 radical (unpaired) electrons. The Labute approximate surface area is 118 Å². The Morgan fingerprint density at radius 2 is 2.25 bits per heavy atom. The van der Waals surface area contributed by atoms with E-state index in [4.69, 9.17) is 0 Å². The van der Waals surface area contributed by atoms with E-state index >= 15 is 0 Å². The lowest BCUT2D eigenvalue weighted by molar-refractivity contribution is 0.171. The Morgan fingerprint density at radius 1 is 1.50 bits per heavy atom. The van der Waals surface area contributed by atoms with Crippen LogP contribution in [-0.2, 0) is 16.9 Å². The van der Waals surface area contributed by atoms with Gasteiger partial charge in [0.05, 0.1) is 17.6 Å². The number of piperidine rings is 1. The van der Waals surface area contributed by atoms with E-state index in [1.807, 2.05) is 0 Å². The van der Waals surface area contributed by atoms with Gasteiger partial charge in [-0.25, -0.2) is 13.2 Å². The number of nitrogens with one attached hydrogen (secondary N) is 1. The van der Waals surface area contributed by atoms with Crippen LogP contribution in [0, 0.1) is 0 Å². The average molecular weight is 300 g/mol. The fraction of sp³-hybridized carbons (Fsp3) is 0.667. The molecule has 0 aliphatic carbocycles. The van der Waals surface area contributed by atoms with Crippen LogP contribution >= 0.6 is 0 Å². The summed E-state index contributed by atoms with van der Waals surface area (Å²) in [7, 11) is -1.33. The molecule has 1 N–H and O–H groups in total. The van der Waals surface area contributed by atoms with Crippen LogP contribution in [0.25, 0.3) is 0 Å². The number of urea groups is 1. The monoisotopic (exact) mass is 300 g/mol. The molecule has 112 valence electrons. The number of nitrogens with zero attached hydrogens (tertiary/aromatic N) is 3. The molecule has 0 aromatic carbocycles. The maximum Gasteiger partial charge on any atom is 0.322 e. The van der Waals surface area contributed by atoms with Crippen LogP contribution in [0.4, 0.5) is 10.5 Å². The van der Waals surface area contributed by atoms with Gasteiger partial charge in [0.1, 0.15) is 9.84 Å². The molecule has 1 atom stereocenters. The van der Waals surface area contributed by atoms with E-state index in [-0.39, 0.29) is 17.8 Å². The number of aryl methyl sites for hydroxylation is 1. The van der Waals surface area contributed by atoms with Crippen LogP contribution in [0.15, 0.2) is 12.4 Å². The minimum Gasteiger partial charge on any atom is -0.321 e. The van der Waals surface area contributed by atoms with E-state index in [9.17, 15) is 13.2 Å². The predicted molar refractivity (Wildman–Crippen MR) is 76.3 cm³/mol. The Morgan fingerprint density at radius 3 is 2.85 bits per heavy atom. The highest BCUT2D eigenvalue weighted by Gasteiger charge is 2.29. The van der Waals surface area contributed by atoms with Gasteiger partial charge in [0.15, 0.2) is 0 Å². The second-order valence-electron chi connectivity index (χ2n) is 5.27. The van der Waals surface area contributed by atoms with Crippen molar-refractivity contribution >= 4 is 21.6 Å². The van der Waals surface area contributed by atoms with Gasteiger partial charge in [0, 0.05) is 32.1 Å². The number of aromatic nitrogens is 2. The van der Waals surface area contributed by atoms with Gasteiger partial charge in [-0.2, -0.15) is 5.10 Å². The van der Waals surface area contributed by atoms with E-state index in [1.165, 1.54) is 6.26 Å². The Hall–Kier alpha value is -1.57. The number of likely N-dealkylation sites (tertiary alicyclic amines) is 1. The van der Waals surface area contributed by atoms with Gasteiger partial charge in [0.25, 0.3) is 0 Å². The van der Waals surface area contributed by atoms with Crippen molar-refractivity contribution < 1.29 is 13.2 Å². The molecule has 1 aromatic heterocycles. The van der Waals surface area contributed by atoms with Crippen molar-refractivity contribution in [3.63, 3.8) is 0 Å². The number of hydrogen-bond acceptors (Lipinski definition) is 4. The van der Waals surface area contributed by atoms with E-state index in [0.29, 0.717) is 12.2 Å². The van der Waals surface area contributed by atoms with Crippen LogP contribution in [0.5, 0.6) is 0 Å². The summed E-state index contributed by atoms with van der Waals surface area (Å²) in [5.41, 5.74) is 0.612. The molecule has 8 heteroatoms. The molecular weight excluding hydrogens is 280 g/mol. The minimum atomic E-state index is -3.10. The van der Waals surface area contributed by atoms with E-state index in [2.05, 4.69) is 10.4 Å². The number of anilines is 1. The van der Waals surface area contributed by atoms with Crippen LogP contribution in [-0.4, -0.2) is 53.7 Å². The maximum absolute atomic E-state index is 12.3. The minimum absolute atomic E-state index is 0.0213. The van der Waals surface area contributed by atoms with Crippen molar-refractivity contribution in [2.24, 2.45) is 7.05 Å². The zero-order chi connectivity index (χ0) is 14.8. The SMILES string of the molecule is Cn1cc(NC(=O)N2CCCCC2CS(C)(=O)=O)cn1. The molecule has 7 nitrogen and oxygen atoms in total. The third-order valence-corrected chi connectivity index (χ3v) is 4.33. The van der Waals surface area contributed by atoms with Gasteiger partial charge in [-0.3, -0.25) is 4.68 Å². The number of sulfone groups is 1. The summed E-state index contributed by atoms with van der Waals surface area (Å²) in [5, 5.41) is 6.74. The van der Waals surface area contributed by atoms with Crippen LogP contribution in [0.1, 0.15) is 19.3 Å². The van der Waals surface area contributed by atoms with E-state index in [0.717, 1.165) is 19.3 Å². The molecule has 1 unspecified atom stereocenters. The number of hydrogen-bond donors (Lipinski definition) is 1. The molecular formula is C12H20N4O3S. The average Bonchev–Trinajstić information content (AvgIpc) is 2.73. The van der Waals surface area contributed by atoms with Crippen molar-refractivity contribution in [1.29, 1.82) is 0 Å². The van der Waals surface area contributed by atoms with E-state index < -0.39 is 9.84 Å². The van der Waals surface area contributed by atoms with Crippen LogP contribution < -0.4 is 5.32 Å². The zero-order valence-electron chi connectivity index (χ0n) is 11.7. The largest absolute Gasteiger partial charge is 0.322 e. The van der Waals surface area contributed by atoms with Crippen molar-refractivity contribution in [2.45, 2.75) is 25.3 Å². The second kappa shape index (κ2) is 5.82. The number of carbonyl (C=O) groups excluding carboxylic acids is 1. The lowest BCUT2D eigenvalue weighted by atomic mass is 10.0. The van der Waals surface area contributed by atoms with Gasteiger partial charge in [-0.1, -0.05) is 0 Å². The number of carbonyl (C=O) groups is 1. The molecule has 1 aliphatic rings. The molecule has 0 bridgehead atoms. The fourth-order valence-electron chi connectivity index (χ4n) is 2.47. The first kappa shape index (κ1) is 14.8. The van der Waals surface area contributed by atoms with Gasteiger partial charge < -0.3 is 10.2 Å². The summed E-state index contributed by atoms with van der Waals surface area (Å²) in [6.45, 7) is 0.590.